The van der Waals surface area contributed by atoms with E-state index in [1.807, 2.05) is 19.1 Å². The molecule has 2 amide bonds. The molecule has 1 heterocycles. The molecule has 0 saturated carbocycles. The molecule has 6 nitrogen and oxygen atoms in total. The molecule has 0 aliphatic heterocycles. The molecular weight excluding hydrogens is 455 g/mol. The van der Waals surface area contributed by atoms with Crippen LogP contribution in [0.15, 0.2) is 42.5 Å². The lowest BCUT2D eigenvalue weighted by atomic mass is 10.2. The summed E-state index contributed by atoms with van der Waals surface area (Å²) in [5.74, 6) is -0.0378. The quantitative estimate of drug-likeness (QED) is 0.454. The van der Waals surface area contributed by atoms with Gasteiger partial charge in [-0.05, 0) is 61.4 Å². The van der Waals surface area contributed by atoms with Crippen molar-refractivity contribution in [1.82, 2.24) is 5.32 Å². The molecule has 0 radical (unpaired) electrons. The fourth-order valence-corrected chi connectivity index (χ4v) is 4.22. The molecule has 2 N–H and O–H groups in total. The van der Waals surface area contributed by atoms with E-state index in [1.165, 1.54) is 6.07 Å². The monoisotopic (exact) mass is 476 g/mol. The first kappa shape index (κ1) is 23.6. The van der Waals surface area contributed by atoms with Gasteiger partial charge in [0, 0.05) is 6.54 Å². The molecule has 2 aromatic carbocycles. The summed E-state index contributed by atoms with van der Waals surface area (Å²) in [6, 6.07) is 10.7. The summed E-state index contributed by atoms with van der Waals surface area (Å²) in [7, 11) is 1.56. The van der Waals surface area contributed by atoms with Crippen LogP contribution in [-0.2, 0) is 6.54 Å². The van der Waals surface area contributed by atoms with Crippen LogP contribution in [0.2, 0.25) is 5.02 Å². The summed E-state index contributed by atoms with van der Waals surface area (Å²) in [6.45, 7) is 4.50. The first-order valence-electron chi connectivity index (χ1n) is 9.77. The molecule has 32 heavy (non-hydrogen) atoms. The van der Waals surface area contributed by atoms with E-state index in [0.717, 1.165) is 34.6 Å². The third-order valence-corrected chi connectivity index (χ3v) is 5.98. The molecule has 0 saturated heterocycles. The lowest BCUT2D eigenvalue weighted by Gasteiger charge is -2.11. The van der Waals surface area contributed by atoms with Crippen molar-refractivity contribution in [2.24, 2.45) is 0 Å². The van der Waals surface area contributed by atoms with E-state index in [4.69, 9.17) is 21.1 Å². The number of rotatable bonds is 8. The number of anilines is 1. The molecular formula is C23H22ClFN2O4S. The Morgan fingerprint density at radius 3 is 2.56 bits per heavy atom. The fourth-order valence-electron chi connectivity index (χ4n) is 2.98. The van der Waals surface area contributed by atoms with Crippen molar-refractivity contribution in [2.75, 3.05) is 19.0 Å². The highest BCUT2D eigenvalue weighted by atomic mass is 35.5. The van der Waals surface area contributed by atoms with Gasteiger partial charge in [0.05, 0.1) is 34.2 Å². The van der Waals surface area contributed by atoms with Gasteiger partial charge >= 0.3 is 0 Å². The highest BCUT2D eigenvalue weighted by Crippen LogP contribution is 2.29. The lowest BCUT2D eigenvalue weighted by molar-refractivity contribution is 0.0953. The van der Waals surface area contributed by atoms with Gasteiger partial charge in [-0.3, -0.25) is 9.59 Å². The minimum atomic E-state index is -0.525. The number of halogens is 2. The number of nitrogens with one attached hydrogen (secondary N) is 2. The van der Waals surface area contributed by atoms with Crippen LogP contribution in [0.3, 0.4) is 0 Å². The first-order chi connectivity index (χ1) is 15.3. The number of carbonyl (C=O) groups is 2. The normalized spacial score (nSPS) is 10.5. The summed E-state index contributed by atoms with van der Waals surface area (Å²) in [5, 5.41) is 6.08. The molecule has 0 spiro atoms. The molecule has 3 aromatic rings. The smallest absolute Gasteiger partial charge is 0.261 e. The Morgan fingerprint density at radius 1 is 1.09 bits per heavy atom. The molecule has 0 aliphatic rings. The van der Waals surface area contributed by atoms with E-state index in [-0.39, 0.29) is 16.5 Å². The third-order valence-electron chi connectivity index (χ3n) is 4.52. The van der Waals surface area contributed by atoms with E-state index in [2.05, 4.69) is 10.6 Å². The van der Waals surface area contributed by atoms with Gasteiger partial charge in [0.25, 0.3) is 11.8 Å². The van der Waals surface area contributed by atoms with Crippen LogP contribution in [-0.4, -0.2) is 25.5 Å². The lowest BCUT2D eigenvalue weighted by Crippen LogP contribution is -2.22. The number of carbonyl (C=O) groups excluding carboxylic acids is 2. The fraction of sp³-hybridized carbons (Fsp3) is 0.217. The zero-order valence-corrected chi connectivity index (χ0v) is 19.3. The summed E-state index contributed by atoms with van der Waals surface area (Å²) >= 11 is 7.09. The summed E-state index contributed by atoms with van der Waals surface area (Å²) in [4.78, 5) is 25.6. The first-order valence-corrected chi connectivity index (χ1v) is 11.0. The van der Waals surface area contributed by atoms with Gasteiger partial charge in [-0.1, -0.05) is 17.7 Å². The molecule has 0 atom stereocenters. The predicted octanol–water partition coefficient (Wildman–Crippen LogP) is 5.44. The molecule has 9 heteroatoms. The van der Waals surface area contributed by atoms with Crippen LogP contribution >= 0.6 is 22.9 Å². The molecule has 0 fully saturated rings. The van der Waals surface area contributed by atoms with Gasteiger partial charge in [-0.2, -0.15) is 0 Å². The number of methoxy groups -OCH3 is 1. The van der Waals surface area contributed by atoms with Gasteiger partial charge in [-0.25, -0.2) is 4.39 Å². The standard InChI is InChI=1S/C23H22ClFN2O4S/c1-4-31-18-8-5-14(10-19(18)30-3)12-26-23(29)21-13(2)9-20(32-21)27-22(28)16-7-6-15(25)11-17(16)24/h5-11H,4,12H2,1-3H3,(H,26,29)(H,27,28). The van der Waals surface area contributed by atoms with E-state index in [9.17, 15) is 14.0 Å². The summed E-state index contributed by atoms with van der Waals surface area (Å²) in [6.07, 6.45) is 0. The zero-order chi connectivity index (χ0) is 23.3. The summed E-state index contributed by atoms with van der Waals surface area (Å²) < 4.78 is 24.0. The molecule has 168 valence electrons. The second-order valence-corrected chi connectivity index (χ2v) is 8.26. The van der Waals surface area contributed by atoms with E-state index in [0.29, 0.717) is 34.5 Å². The number of hydrogen-bond acceptors (Lipinski definition) is 5. The van der Waals surface area contributed by atoms with Gasteiger partial charge < -0.3 is 20.1 Å². The molecule has 1 aromatic heterocycles. The molecule has 0 bridgehead atoms. The predicted molar refractivity (Wildman–Crippen MR) is 124 cm³/mol. The van der Waals surface area contributed by atoms with Crippen LogP contribution in [0.4, 0.5) is 9.39 Å². The van der Waals surface area contributed by atoms with Gasteiger partial charge in [0.15, 0.2) is 11.5 Å². The van der Waals surface area contributed by atoms with Gasteiger partial charge in [-0.15, -0.1) is 11.3 Å². The number of hydrogen-bond donors (Lipinski definition) is 2. The van der Waals surface area contributed by atoms with Gasteiger partial charge in [0.1, 0.15) is 5.82 Å². The van der Waals surface area contributed by atoms with Gasteiger partial charge in [0.2, 0.25) is 0 Å². The number of benzene rings is 2. The van der Waals surface area contributed by atoms with Crippen molar-refractivity contribution < 1.29 is 23.5 Å². The number of aryl methyl sites for hydroxylation is 1. The van der Waals surface area contributed by atoms with Crippen LogP contribution < -0.4 is 20.1 Å². The maximum absolute atomic E-state index is 13.2. The minimum absolute atomic E-state index is 0.0135. The SMILES string of the molecule is CCOc1ccc(CNC(=O)c2sc(NC(=O)c3ccc(F)cc3Cl)cc2C)cc1OC. The van der Waals surface area contributed by atoms with Crippen molar-refractivity contribution in [3.05, 3.63) is 74.9 Å². The highest BCUT2D eigenvalue weighted by Gasteiger charge is 2.17. The molecule has 0 aliphatic carbocycles. The largest absolute Gasteiger partial charge is 0.493 e. The van der Waals surface area contributed by atoms with Crippen LogP contribution in [0.1, 0.15) is 38.1 Å². The van der Waals surface area contributed by atoms with Crippen molar-refractivity contribution in [3.8, 4) is 11.5 Å². The Kier molecular flexibility index (Phi) is 7.71. The Bertz CT molecular complexity index is 1150. The van der Waals surface area contributed by atoms with Crippen LogP contribution in [0.25, 0.3) is 0 Å². The Morgan fingerprint density at radius 2 is 1.88 bits per heavy atom. The number of thiophene rings is 1. The second-order valence-electron chi connectivity index (χ2n) is 6.80. The average molecular weight is 477 g/mol. The number of amides is 2. The maximum atomic E-state index is 13.2. The van der Waals surface area contributed by atoms with Crippen molar-refractivity contribution in [2.45, 2.75) is 20.4 Å². The average Bonchev–Trinajstić information content (AvgIpc) is 3.12. The third kappa shape index (κ3) is 5.57. The minimum Gasteiger partial charge on any atom is -0.493 e. The Labute approximate surface area is 194 Å². The van der Waals surface area contributed by atoms with Crippen molar-refractivity contribution in [1.29, 1.82) is 0 Å². The Hall–Kier alpha value is -3.10. The zero-order valence-electron chi connectivity index (χ0n) is 17.8. The molecule has 0 unspecified atom stereocenters. The van der Waals surface area contributed by atoms with E-state index < -0.39 is 11.7 Å². The number of ether oxygens (including phenoxy) is 2. The summed E-state index contributed by atoms with van der Waals surface area (Å²) in [5.41, 5.74) is 1.72. The van der Waals surface area contributed by atoms with Crippen molar-refractivity contribution >= 4 is 39.8 Å². The van der Waals surface area contributed by atoms with Crippen LogP contribution in [0.5, 0.6) is 11.5 Å². The maximum Gasteiger partial charge on any atom is 0.261 e. The highest BCUT2D eigenvalue weighted by molar-refractivity contribution is 7.18. The second kappa shape index (κ2) is 10.5. The van der Waals surface area contributed by atoms with Crippen molar-refractivity contribution in [3.63, 3.8) is 0 Å². The molecule has 3 rings (SSSR count). The van der Waals surface area contributed by atoms with Crippen LogP contribution in [0, 0.1) is 12.7 Å². The Balaban J connectivity index is 1.66. The van der Waals surface area contributed by atoms with E-state index >= 15 is 0 Å². The van der Waals surface area contributed by atoms with E-state index in [1.54, 1.807) is 26.2 Å². The topological polar surface area (TPSA) is 76.7 Å².